The molecule has 0 unspecified atom stereocenters. The van der Waals surface area contributed by atoms with Gasteiger partial charge in [-0.25, -0.2) is 13.9 Å². The highest BCUT2D eigenvalue weighted by Gasteiger charge is 2.19. The molecule has 1 aliphatic heterocycles. The van der Waals surface area contributed by atoms with Crippen LogP contribution in [-0.4, -0.2) is 58.7 Å². The molecule has 37 heavy (non-hydrogen) atoms. The van der Waals surface area contributed by atoms with Crippen LogP contribution < -0.4 is 5.32 Å². The lowest BCUT2D eigenvalue weighted by Gasteiger charge is -2.15. The van der Waals surface area contributed by atoms with Gasteiger partial charge in [-0.05, 0) is 62.2 Å². The number of carbonyl (C=O) groups is 3. The summed E-state index contributed by atoms with van der Waals surface area (Å²) in [5.41, 5.74) is 3.13. The zero-order chi connectivity index (χ0) is 26.2. The predicted octanol–water partition coefficient (Wildman–Crippen LogP) is 3.92. The number of aryl methyl sites for hydroxylation is 1. The second kappa shape index (κ2) is 12.3. The molecule has 194 valence electrons. The highest BCUT2D eigenvalue weighted by atomic mass is 19.1. The van der Waals surface area contributed by atoms with E-state index in [2.05, 4.69) is 10.4 Å². The molecule has 2 heterocycles. The normalized spacial score (nSPS) is 13.1. The minimum absolute atomic E-state index is 0.0895. The topological polar surface area (TPSA) is 93.5 Å². The Hall–Kier alpha value is -4.01. The molecule has 0 atom stereocenters. The first-order valence-electron chi connectivity index (χ1n) is 12.6. The van der Waals surface area contributed by atoms with Crippen molar-refractivity contribution in [3.8, 4) is 16.9 Å². The quantitative estimate of drug-likeness (QED) is 0.314. The highest BCUT2D eigenvalue weighted by molar-refractivity contribution is 5.89. The Morgan fingerprint density at radius 2 is 1.95 bits per heavy atom. The summed E-state index contributed by atoms with van der Waals surface area (Å²) in [6.07, 6.45) is 2.91. The molecule has 0 bridgehead atoms. The van der Waals surface area contributed by atoms with Crippen LogP contribution in [0.4, 0.5) is 4.39 Å². The van der Waals surface area contributed by atoms with Gasteiger partial charge in [-0.2, -0.15) is 5.10 Å². The Morgan fingerprint density at radius 3 is 2.65 bits per heavy atom. The maximum absolute atomic E-state index is 14.0. The van der Waals surface area contributed by atoms with Crippen LogP contribution in [0.3, 0.4) is 0 Å². The second-order valence-electron chi connectivity index (χ2n) is 8.90. The summed E-state index contributed by atoms with van der Waals surface area (Å²) in [5, 5.41) is 7.59. The summed E-state index contributed by atoms with van der Waals surface area (Å²) in [4.78, 5) is 37.9. The average Bonchev–Trinajstić information content (AvgIpc) is 3.52. The van der Waals surface area contributed by atoms with Gasteiger partial charge in [-0.15, -0.1) is 0 Å². The smallest absolute Gasteiger partial charge is 0.338 e. The van der Waals surface area contributed by atoms with Gasteiger partial charge in [0.25, 0.3) is 0 Å². The number of nitrogens with one attached hydrogen (secondary N) is 1. The highest BCUT2D eigenvalue weighted by Crippen LogP contribution is 2.25. The van der Waals surface area contributed by atoms with Gasteiger partial charge in [0, 0.05) is 44.5 Å². The first-order chi connectivity index (χ1) is 17.9. The zero-order valence-electron chi connectivity index (χ0n) is 20.9. The number of hydrogen-bond donors (Lipinski definition) is 1. The lowest BCUT2D eigenvalue weighted by atomic mass is 10.1. The molecule has 0 saturated carbocycles. The number of carbonyl (C=O) groups excluding carboxylic acids is 3. The van der Waals surface area contributed by atoms with Crippen LogP contribution in [0.2, 0.25) is 0 Å². The van der Waals surface area contributed by atoms with Gasteiger partial charge in [0.2, 0.25) is 11.8 Å². The van der Waals surface area contributed by atoms with Gasteiger partial charge < -0.3 is 15.0 Å². The van der Waals surface area contributed by atoms with Crippen molar-refractivity contribution in [2.45, 2.75) is 39.0 Å². The Morgan fingerprint density at radius 1 is 1.14 bits per heavy atom. The number of hydrogen-bond acceptors (Lipinski definition) is 5. The molecule has 1 saturated heterocycles. The van der Waals surface area contributed by atoms with Crippen molar-refractivity contribution in [2.24, 2.45) is 0 Å². The third kappa shape index (κ3) is 6.81. The van der Waals surface area contributed by atoms with Crippen LogP contribution in [0.15, 0.2) is 54.6 Å². The summed E-state index contributed by atoms with van der Waals surface area (Å²) in [6, 6.07) is 14.9. The van der Waals surface area contributed by atoms with Crippen LogP contribution in [0.1, 0.15) is 48.7 Å². The Kier molecular flexibility index (Phi) is 8.66. The molecule has 2 aromatic carbocycles. The summed E-state index contributed by atoms with van der Waals surface area (Å²) in [6.45, 7) is 4.01. The van der Waals surface area contributed by atoms with Crippen molar-refractivity contribution < 1.29 is 23.5 Å². The molecule has 1 fully saturated rings. The Balaban J connectivity index is 1.42. The van der Waals surface area contributed by atoms with Crippen molar-refractivity contribution in [2.75, 3.05) is 26.2 Å². The lowest BCUT2D eigenvalue weighted by molar-refractivity contribution is -0.127. The van der Waals surface area contributed by atoms with Crippen molar-refractivity contribution >= 4 is 17.8 Å². The fourth-order valence-electron chi connectivity index (χ4n) is 4.32. The minimum Gasteiger partial charge on any atom is -0.462 e. The first kappa shape index (κ1) is 26.1. The van der Waals surface area contributed by atoms with Crippen molar-refractivity contribution in [3.05, 3.63) is 71.7 Å². The van der Waals surface area contributed by atoms with E-state index in [4.69, 9.17) is 4.74 Å². The fraction of sp³-hybridized carbons (Fsp3) is 0.357. The standard InChI is InChI=1S/C28H31FN4O4/c1-2-37-28(36)20-9-12-24(13-10-20)33-25(21-6-3-7-22(29)18-21)19-23(31-33)11-14-26(34)30-15-5-17-32-16-4-8-27(32)35/h3,6-7,9-10,12-13,18-19H,2,4-5,8,11,14-17H2,1H3,(H,30,34). The molecule has 0 radical (unpaired) electrons. The van der Waals surface area contributed by atoms with Crippen molar-refractivity contribution in [1.29, 1.82) is 0 Å². The van der Waals surface area contributed by atoms with E-state index in [-0.39, 0.29) is 24.1 Å². The maximum atomic E-state index is 14.0. The van der Waals surface area contributed by atoms with Gasteiger partial charge in [0.05, 0.1) is 29.2 Å². The molecule has 1 aliphatic rings. The number of likely N-dealkylation sites (tertiary alicyclic amines) is 1. The second-order valence-corrected chi connectivity index (χ2v) is 8.90. The first-order valence-corrected chi connectivity index (χ1v) is 12.6. The van der Waals surface area contributed by atoms with Gasteiger partial charge >= 0.3 is 5.97 Å². The fourth-order valence-corrected chi connectivity index (χ4v) is 4.32. The lowest BCUT2D eigenvalue weighted by Crippen LogP contribution is -2.30. The number of halogens is 1. The van der Waals surface area contributed by atoms with E-state index in [0.29, 0.717) is 60.7 Å². The predicted molar refractivity (Wildman–Crippen MR) is 137 cm³/mol. The van der Waals surface area contributed by atoms with E-state index in [1.54, 1.807) is 48.0 Å². The Labute approximate surface area is 215 Å². The van der Waals surface area contributed by atoms with Crippen molar-refractivity contribution in [3.63, 3.8) is 0 Å². The average molecular weight is 507 g/mol. The van der Waals surface area contributed by atoms with E-state index in [1.165, 1.54) is 12.1 Å². The van der Waals surface area contributed by atoms with Crippen LogP contribution >= 0.6 is 0 Å². The summed E-state index contributed by atoms with van der Waals surface area (Å²) in [5.74, 6) is -0.669. The third-order valence-corrected chi connectivity index (χ3v) is 6.21. The number of aromatic nitrogens is 2. The molecular formula is C28H31FN4O4. The molecule has 9 heteroatoms. The number of rotatable bonds is 11. The zero-order valence-corrected chi connectivity index (χ0v) is 20.9. The molecule has 0 aliphatic carbocycles. The number of amides is 2. The van der Waals surface area contributed by atoms with Gasteiger partial charge in [0.1, 0.15) is 5.82 Å². The maximum Gasteiger partial charge on any atom is 0.338 e. The van der Waals surface area contributed by atoms with Crippen LogP contribution in [0, 0.1) is 5.82 Å². The van der Waals surface area contributed by atoms with Gasteiger partial charge in [0.15, 0.2) is 0 Å². The summed E-state index contributed by atoms with van der Waals surface area (Å²) < 4.78 is 20.7. The molecule has 1 aromatic heterocycles. The molecule has 8 nitrogen and oxygen atoms in total. The SMILES string of the molecule is CCOC(=O)c1ccc(-n2nc(CCC(=O)NCCCN3CCCC3=O)cc2-c2cccc(F)c2)cc1. The summed E-state index contributed by atoms with van der Waals surface area (Å²) >= 11 is 0. The van der Waals surface area contributed by atoms with E-state index in [1.807, 2.05) is 11.0 Å². The van der Waals surface area contributed by atoms with E-state index < -0.39 is 5.97 Å². The molecule has 1 N–H and O–H groups in total. The molecule has 4 rings (SSSR count). The van der Waals surface area contributed by atoms with E-state index in [0.717, 1.165) is 19.4 Å². The number of esters is 1. The summed E-state index contributed by atoms with van der Waals surface area (Å²) in [7, 11) is 0. The monoisotopic (exact) mass is 506 g/mol. The third-order valence-electron chi connectivity index (χ3n) is 6.21. The largest absolute Gasteiger partial charge is 0.462 e. The van der Waals surface area contributed by atoms with Crippen LogP contribution in [0.25, 0.3) is 16.9 Å². The van der Waals surface area contributed by atoms with E-state index in [9.17, 15) is 18.8 Å². The molecule has 3 aromatic rings. The molecule has 0 spiro atoms. The van der Waals surface area contributed by atoms with Crippen LogP contribution in [-0.2, 0) is 20.7 Å². The number of nitrogens with zero attached hydrogens (tertiary/aromatic N) is 3. The van der Waals surface area contributed by atoms with Gasteiger partial charge in [-0.1, -0.05) is 12.1 Å². The molecule has 2 amide bonds. The van der Waals surface area contributed by atoms with Gasteiger partial charge in [-0.3, -0.25) is 9.59 Å². The number of ether oxygens (including phenoxy) is 1. The minimum atomic E-state index is -0.404. The molecular weight excluding hydrogens is 475 g/mol. The Bertz CT molecular complexity index is 1260. The van der Waals surface area contributed by atoms with Crippen LogP contribution in [0.5, 0.6) is 0 Å². The number of benzene rings is 2. The van der Waals surface area contributed by atoms with Crippen molar-refractivity contribution in [1.82, 2.24) is 20.0 Å². The van der Waals surface area contributed by atoms with E-state index >= 15 is 0 Å².